The SMILES string of the molecule is CCCc1nc(C)c2c(=O)[nH]c(-c3cc(S(=O)(=O)N4CCN(CCO)CC4)c(OC)cc3O)nn12. The van der Waals surface area contributed by atoms with E-state index in [1.807, 2.05) is 11.8 Å². The number of nitrogens with one attached hydrogen (secondary N) is 1. The highest BCUT2D eigenvalue weighted by Gasteiger charge is 2.32. The summed E-state index contributed by atoms with van der Waals surface area (Å²) in [6.07, 6.45) is 1.39. The van der Waals surface area contributed by atoms with Crippen molar-refractivity contribution >= 4 is 15.5 Å². The highest BCUT2D eigenvalue weighted by molar-refractivity contribution is 7.89. The van der Waals surface area contributed by atoms with E-state index in [4.69, 9.17) is 9.84 Å². The van der Waals surface area contributed by atoms with Gasteiger partial charge < -0.3 is 19.9 Å². The average molecular weight is 507 g/mol. The molecule has 0 unspecified atom stereocenters. The molecule has 0 aliphatic carbocycles. The van der Waals surface area contributed by atoms with Gasteiger partial charge in [0, 0.05) is 45.2 Å². The van der Waals surface area contributed by atoms with Crippen LogP contribution in [0.1, 0.15) is 24.9 Å². The molecule has 4 rings (SSSR count). The van der Waals surface area contributed by atoms with E-state index >= 15 is 0 Å². The Morgan fingerprint density at radius 1 is 1.20 bits per heavy atom. The number of benzene rings is 1. The van der Waals surface area contributed by atoms with E-state index in [2.05, 4.69) is 15.1 Å². The van der Waals surface area contributed by atoms with Crippen LogP contribution in [0.15, 0.2) is 21.8 Å². The Kier molecular flexibility index (Phi) is 7.12. The number of aryl methyl sites for hydroxylation is 2. The highest BCUT2D eigenvalue weighted by atomic mass is 32.2. The fourth-order valence-corrected chi connectivity index (χ4v) is 5.90. The number of fused-ring (bicyclic) bond motifs is 1. The molecule has 2 aromatic heterocycles. The number of piperazine rings is 1. The maximum atomic E-state index is 13.5. The first-order valence-electron chi connectivity index (χ1n) is 11.4. The minimum Gasteiger partial charge on any atom is -0.507 e. The summed E-state index contributed by atoms with van der Waals surface area (Å²) in [4.78, 5) is 21.8. The third kappa shape index (κ3) is 4.63. The first kappa shape index (κ1) is 25.1. The van der Waals surface area contributed by atoms with Crippen LogP contribution in [0.4, 0.5) is 0 Å². The number of aliphatic hydroxyl groups excluding tert-OH is 1. The third-order valence-electron chi connectivity index (χ3n) is 6.12. The van der Waals surface area contributed by atoms with Crippen molar-refractivity contribution in [1.82, 2.24) is 28.8 Å². The molecule has 1 saturated heterocycles. The van der Waals surface area contributed by atoms with Gasteiger partial charge in [-0.15, -0.1) is 5.10 Å². The van der Waals surface area contributed by atoms with Crippen molar-refractivity contribution in [3.8, 4) is 22.9 Å². The van der Waals surface area contributed by atoms with Crippen LogP contribution in [0, 0.1) is 6.92 Å². The van der Waals surface area contributed by atoms with Gasteiger partial charge in [-0.1, -0.05) is 6.92 Å². The number of hydrogen-bond acceptors (Lipinski definition) is 9. The smallest absolute Gasteiger partial charge is 0.277 e. The van der Waals surface area contributed by atoms with Gasteiger partial charge in [-0.2, -0.15) is 4.31 Å². The van der Waals surface area contributed by atoms with Crippen molar-refractivity contribution in [1.29, 1.82) is 0 Å². The van der Waals surface area contributed by atoms with Crippen molar-refractivity contribution in [2.45, 2.75) is 31.6 Å². The number of ether oxygens (including phenoxy) is 1. The maximum absolute atomic E-state index is 13.5. The molecule has 0 saturated carbocycles. The Hall–Kier alpha value is -3.00. The molecule has 3 heterocycles. The van der Waals surface area contributed by atoms with Gasteiger partial charge in [0.25, 0.3) is 5.56 Å². The number of rotatable bonds is 8. The molecule has 3 N–H and O–H groups in total. The lowest BCUT2D eigenvalue weighted by molar-refractivity contribution is 0.151. The van der Waals surface area contributed by atoms with Gasteiger partial charge in [0.15, 0.2) is 11.3 Å². The molecule has 0 spiro atoms. The molecule has 0 radical (unpaired) electrons. The van der Waals surface area contributed by atoms with E-state index in [1.54, 1.807) is 6.92 Å². The van der Waals surface area contributed by atoms with Crippen LogP contribution in [0.5, 0.6) is 11.5 Å². The van der Waals surface area contributed by atoms with E-state index in [0.29, 0.717) is 43.1 Å². The number of H-pyrrole nitrogens is 1. The monoisotopic (exact) mass is 506 g/mol. The lowest BCUT2D eigenvalue weighted by atomic mass is 10.2. The van der Waals surface area contributed by atoms with Gasteiger partial charge >= 0.3 is 0 Å². The normalized spacial score (nSPS) is 15.7. The standard InChI is InChI=1S/C22H30N6O6S/c1-4-5-19-23-14(2)20-22(31)24-21(25-28(19)20)15-12-18(17(34-3)13-16(15)30)35(32,33)27-8-6-26(7-9-27)10-11-29/h12-13,29-30H,4-11H2,1-3H3,(H,24,25,31). The molecule has 13 heteroatoms. The van der Waals surface area contributed by atoms with E-state index < -0.39 is 15.6 Å². The zero-order valence-electron chi connectivity index (χ0n) is 20.0. The molecule has 1 fully saturated rings. The third-order valence-corrected chi connectivity index (χ3v) is 8.04. The van der Waals surface area contributed by atoms with Crippen molar-refractivity contribution in [3.05, 3.63) is 34.0 Å². The minimum atomic E-state index is -3.99. The predicted octanol–water partition coefficient (Wildman–Crippen LogP) is 0.358. The van der Waals surface area contributed by atoms with Crippen LogP contribution in [-0.4, -0.2) is 93.9 Å². The number of aromatic nitrogens is 4. The zero-order valence-corrected chi connectivity index (χ0v) is 20.8. The fourth-order valence-electron chi connectivity index (χ4n) is 4.32. The van der Waals surface area contributed by atoms with E-state index in [-0.39, 0.29) is 47.5 Å². The Bertz CT molecular complexity index is 1390. The van der Waals surface area contributed by atoms with Crippen molar-refractivity contribution in [2.75, 3.05) is 46.4 Å². The number of methoxy groups -OCH3 is 1. The Morgan fingerprint density at radius 3 is 2.54 bits per heavy atom. The number of phenols is 1. The molecule has 1 aliphatic heterocycles. The van der Waals surface area contributed by atoms with E-state index in [1.165, 1.54) is 28.1 Å². The van der Waals surface area contributed by atoms with Gasteiger partial charge in [-0.05, 0) is 19.4 Å². The van der Waals surface area contributed by atoms with Gasteiger partial charge in [-0.25, -0.2) is 17.9 Å². The topological polar surface area (TPSA) is 153 Å². The number of imidazole rings is 1. The quantitative estimate of drug-likeness (QED) is 0.393. The van der Waals surface area contributed by atoms with Crippen molar-refractivity contribution in [2.24, 2.45) is 0 Å². The summed E-state index contributed by atoms with van der Waals surface area (Å²) in [6, 6.07) is 2.48. The minimum absolute atomic E-state index is 0.00779. The number of phenolic OH excluding ortho intramolecular Hbond substituents is 1. The highest BCUT2D eigenvalue weighted by Crippen LogP contribution is 2.37. The van der Waals surface area contributed by atoms with Crippen LogP contribution in [0.3, 0.4) is 0 Å². The molecular weight excluding hydrogens is 476 g/mol. The summed E-state index contributed by atoms with van der Waals surface area (Å²) in [5, 5.41) is 24.3. The molecule has 1 aliphatic rings. The number of aromatic amines is 1. The largest absolute Gasteiger partial charge is 0.507 e. The van der Waals surface area contributed by atoms with Gasteiger partial charge in [0.2, 0.25) is 10.0 Å². The number of hydrogen-bond donors (Lipinski definition) is 3. The maximum Gasteiger partial charge on any atom is 0.277 e. The summed E-state index contributed by atoms with van der Waals surface area (Å²) >= 11 is 0. The fraction of sp³-hybridized carbons (Fsp3) is 0.500. The van der Waals surface area contributed by atoms with Crippen LogP contribution < -0.4 is 10.3 Å². The van der Waals surface area contributed by atoms with Gasteiger partial charge in [-0.3, -0.25) is 9.69 Å². The predicted molar refractivity (Wildman–Crippen MR) is 128 cm³/mol. The Balaban J connectivity index is 1.80. The lowest BCUT2D eigenvalue weighted by Crippen LogP contribution is -2.49. The second kappa shape index (κ2) is 9.93. The first-order valence-corrected chi connectivity index (χ1v) is 12.9. The van der Waals surface area contributed by atoms with E-state index in [0.717, 1.165) is 6.42 Å². The molecule has 1 aromatic carbocycles. The molecular formula is C22H30N6O6S. The van der Waals surface area contributed by atoms with E-state index in [9.17, 15) is 18.3 Å². The second-order valence-electron chi connectivity index (χ2n) is 8.42. The average Bonchev–Trinajstić information content (AvgIpc) is 3.15. The van der Waals surface area contributed by atoms with Crippen molar-refractivity contribution in [3.63, 3.8) is 0 Å². The molecule has 0 atom stereocenters. The molecule has 35 heavy (non-hydrogen) atoms. The van der Waals surface area contributed by atoms with Gasteiger partial charge in [0.05, 0.1) is 25.0 Å². The lowest BCUT2D eigenvalue weighted by Gasteiger charge is -2.33. The summed E-state index contributed by atoms with van der Waals surface area (Å²) in [5.74, 6) is 0.318. The summed E-state index contributed by atoms with van der Waals surface area (Å²) in [7, 11) is -2.66. The number of β-amino-alcohol motifs (C(OH)–C–C–N with tert-alkyl or cyclic N) is 1. The van der Waals surface area contributed by atoms with Crippen LogP contribution in [0.25, 0.3) is 16.9 Å². The molecule has 0 bridgehead atoms. The van der Waals surface area contributed by atoms with Crippen molar-refractivity contribution < 1.29 is 23.4 Å². The number of nitrogens with zero attached hydrogens (tertiary/aromatic N) is 5. The summed E-state index contributed by atoms with van der Waals surface area (Å²) in [5.41, 5.74) is 0.452. The number of sulfonamides is 1. The molecule has 0 amide bonds. The molecule has 190 valence electrons. The summed E-state index contributed by atoms with van der Waals surface area (Å²) < 4.78 is 35.2. The summed E-state index contributed by atoms with van der Waals surface area (Å²) in [6.45, 7) is 5.66. The van der Waals surface area contributed by atoms with Crippen LogP contribution in [0.2, 0.25) is 0 Å². The second-order valence-corrected chi connectivity index (χ2v) is 10.3. The Morgan fingerprint density at radius 2 is 1.91 bits per heavy atom. The zero-order chi connectivity index (χ0) is 25.3. The van der Waals surface area contributed by atoms with Crippen LogP contribution in [-0.2, 0) is 16.4 Å². The molecule has 12 nitrogen and oxygen atoms in total. The Labute approximate surface area is 202 Å². The number of aliphatic hydroxyl groups is 1. The first-order chi connectivity index (χ1) is 16.7. The number of aromatic hydroxyl groups is 1. The molecule has 3 aromatic rings. The van der Waals surface area contributed by atoms with Crippen LogP contribution >= 0.6 is 0 Å². The van der Waals surface area contributed by atoms with Gasteiger partial charge in [0.1, 0.15) is 22.2 Å².